The van der Waals surface area contributed by atoms with E-state index in [0.717, 1.165) is 4.47 Å². The zero-order chi connectivity index (χ0) is 12.4. The highest BCUT2D eigenvalue weighted by molar-refractivity contribution is 9.10. The molecule has 0 aromatic carbocycles. The normalized spacial score (nSPS) is 20.4. The van der Waals surface area contributed by atoms with Gasteiger partial charge >= 0.3 is 0 Å². The van der Waals surface area contributed by atoms with Gasteiger partial charge in [0.05, 0.1) is 18.2 Å². The van der Waals surface area contributed by atoms with Crippen LogP contribution in [0.4, 0.5) is 5.82 Å². The lowest BCUT2D eigenvalue weighted by Crippen LogP contribution is -2.53. The molecule has 0 radical (unpaired) electrons. The molecular weight excluding hydrogens is 309 g/mol. The monoisotopic (exact) mass is 319 g/mol. The number of rotatable bonds is 2. The molecule has 1 aromatic rings. The number of anilines is 1. The predicted octanol–water partition coefficient (Wildman–Crippen LogP) is 1.19. The quantitative estimate of drug-likeness (QED) is 0.889. The number of nitrogens with zero attached hydrogens (tertiary/aromatic N) is 2. The molecule has 5 nitrogen and oxygen atoms in total. The lowest BCUT2D eigenvalue weighted by molar-refractivity contribution is -0.121. The number of hydrogen-bond acceptors (Lipinski definition) is 4. The SMILES string of the molecule is NC(=O)C1COCCN1c1ncc(Br)cc1Cl. The number of nitrogens with two attached hydrogens (primary N) is 1. The molecule has 1 fully saturated rings. The first-order chi connectivity index (χ1) is 8.09. The van der Waals surface area contributed by atoms with Crippen LogP contribution in [0.5, 0.6) is 0 Å². The molecule has 1 saturated heterocycles. The maximum atomic E-state index is 11.3. The molecule has 0 saturated carbocycles. The van der Waals surface area contributed by atoms with Crippen molar-refractivity contribution >= 4 is 39.3 Å². The molecule has 17 heavy (non-hydrogen) atoms. The van der Waals surface area contributed by atoms with Crippen molar-refractivity contribution in [2.24, 2.45) is 5.73 Å². The molecule has 2 rings (SSSR count). The maximum absolute atomic E-state index is 11.3. The van der Waals surface area contributed by atoms with Gasteiger partial charge < -0.3 is 15.4 Å². The van der Waals surface area contributed by atoms with E-state index < -0.39 is 11.9 Å². The number of carbonyl (C=O) groups excluding carboxylic acids is 1. The van der Waals surface area contributed by atoms with Crippen molar-refractivity contribution in [1.82, 2.24) is 4.98 Å². The Hall–Kier alpha value is -0.850. The lowest BCUT2D eigenvalue weighted by atomic mass is 10.2. The summed E-state index contributed by atoms with van der Waals surface area (Å²) in [5, 5.41) is 0.479. The number of morpholine rings is 1. The van der Waals surface area contributed by atoms with Crippen LogP contribution in [0.2, 0.25) is 5.02 Å². The summed E-state index contributed by atoms with van der Waals surface area (Å²) in [6.45, 7) is 1.34. The predicted molar refractivity (Wildman–Crippen MR) is 68.1 cm³/mol. The summed E-state index contributed by atoms with van der Waals surface area (Å²) in [5.74, 6) is 0.118. The summed E-state index contributed by atoms with van der Waals surface area (Å²) >= 11 is 9.39. The molecule has 1 aliphatic heterocycles. The highest BCUT2D eigenvalue weighted by Crippen LogP contribution is 2.28. The molecule has 0 bridgehead atoms. The minimum absolute atomic E-state index is 0.267. The van der Waals surface area contributed by atoms with Crippen LogP contribution < -0.4 is 10.6 Å². The molecule has 92 valence electrons. The Labute approximate surface area is 112 Å². The Morgan fingerprint density at radius 1 is 1.71 bits per heavy atom. The van der Waals surface area contributed by atoms with E-state index in [1.54, 1.807) is 17.2 Å². The van der Waals surface area contributed by atoms with Gasteiger partial charge in [-0.3, -0.25) is 4.79 Å². The van der Waals surface area contributed by atoms with Crippen LogP contribution in [0, 0.1) is 0 Å². The van der Waals surface area contributed by atoms with Crippen LogP contribution in [0.25, 0.3) is 0 Å². The van der Waals surface area contributed by atoms with Crippen molar-refractivity contribution in [1.29, 1.82) is 0 Å². The second kappa shape index (κ2) is 5.20. The second-order valence-electron chi connectivity index (χ2n) is 3.65. The van der Waals surface area contributed by atoms with Crippen LogP contribution in [0.15, 0.2) is 16.7 Å². The molecule has 0 spiro atoms. The van der Waals surface area contributed by atoms with Crippen molar-refractivity contribution in [3.05, 3.63) is 21.8 Å². The first-order valence-corrected chi connectivity index (χ1v) is 6.21. The first-order valence-electron chi connectivity index (χ1n) is 5.04. The zero-order valence-electron chi connectivity index (χ0n) is 8.90. The minimum Gasteiger partial charge on any atom is -0.377 e. The maximum Gasteiger partial charge on any atom is 0.242 e. The highest BCUT2D eigenvalue weighted by Gasteiger charge is 2.29. The summed E-state index contributed by atoms with van der Waals surface area (Å²) < 4.78 is 6.02. The lowest BCUT2D eigenvalue weighted by Gasteiger charge is -2.34. The van der Waals surface area contributed by atoms with Crippen molar-refractivity contribution in [3.63, 3.8) is 0 Å². The number of hydrogen-bond donors (Lipinski definition) is 1. The second-order valence-corrected chi connectivity index (χ2v) is 4.97. The van der Waals surface area contributed by atoms with Crippen LogP contribution in [0.1, 0.15) is 0 Å². The Bertz CT molecular complexity index is 444. The number of aromatic nitrogens is 1. The molecule has 7 heteroatoms. The number of primary amides is 1. The van der Waals surface area contributed by atoms with Crippen LogP contribution in [-0.4, -0.2) is 36.7 Å². The summed E-state index contributed by atoms with van der Waals surface area (Å²) in [6.07, 6.45) is 1.63. The fourth-order valence-corrected chi connectivity index (χ4v) is 2.45. The van der Waals surface area contributed by atoms with Gasteiger partial charge in [-0.25, -0.2) is 4.98 Å². The van der Waals surface area contributed by atoms with E-state index in [1.165, 1.54) is 0 Å². The van der Waals surface area contributed by atoms with Crippen molar-refractivity contribution in [3.8, 4) is 0 Å². The number of halogens is 2. The molecule has 1 amide bonds. The molecule has 1 atom stereocenters. The Balaban J connectivity index is 2.32. The van der Waals surface area contributed by atoms with Gasteiger partial charge in [-0.2, -0.15) is 0 Å². The largest absolute Gasteiger partial charge is 0.377 e. The van der Waals surface area contributed by atoms with Crippen LogP contribution >= 0.6 is 27.5 Å². The van der Waals surface area contributed by atoms with Crippen LogP contribution in [-0.2, 0) is 9.53 Å². The van der Waals surface area contributed by atoms with Crippen molar-refractivity contribution < 1.29 is 9.53 Å². The fraction of sp³-hybridized carbons (Fsp3) is 0.400. The molecule has 1 aromatic heterocycles. The first kappa shape index (κ1) is 12.6. The molecule has 1 aliphatic rings. The van der Waals surface area contributed by atoms with E-state index >= 15 is 0 Å². The molecule has 2 N–H and O–H groups in total. The van der Waals surface area contributed by atoms with E-state index in [9.17, 15) is 4.79 Å². The Kier molecular flexibility index (Phi) is 3.86. The smallest absolute Gasteiger partial charge is 0.242 e. The number of carbonyl (C=O) groups is 1. The Morgan fingerprint density at radius 3 is 3.12 bits per heavy atom. The summed E-state index contributed by atoms with van der Waals surface area (Å²) in [7, 11) is 0. The third-order valence-corrected chi connectivity index (χ3v) is 3.23. The molecule has 0 aliphatic carbocycles. The van der Waals surface area contributed by atoms with E-state index in [-0.39, 0.29) is 6.61 Å². The number of amides is 1. The summed E-state index contributed by atoms with van der Waals surface area (Å²) in [6, 6.07) is 1.21. The standard InChI is InChI=1S/C10H11BrClN3O2/c11-6-3-7(12)10(14-4-6)15-1-2-17-5-8(15)9(13)16/h3-4,8H,1-2,5H2,(H2,13,16). The topological polar surface area (TPSA) is 68.5 Å². The van der Waals surface area contributed by atoms with Gasteiger partial charge in [0.15, 0.2) is 0 Å². The molecule has 1 unspecified atom stereocenters. The van der Waals surface area contributed by atoms with E-state index in [0.29, 0.717) is 24.0 Å². The summed E-state index contributed by atoms with van der Waals surface area (Å²) in [5.41, 5.74) is 5.33. The third kappa shape index (κ3) is 2.70. The van der Waals surface area contributed by atoms with Gasteiger partial charge in [0.25, 0.3) is 0 Å². The van der Waals surface area contributed by atoms with Gasteiger partial charge in [0.2, 0.25) is 5.91 Å². The van der Waals surface area contributed by atoms with E-state index in [1.807, 2.05) is 0 Å². The van der Waals surface area contributed by atoms with Gasteiger partial charge in [0, 0.05) is 17.2 Å². The van der Waals surface area contributed by atoms with Crippen LogP contribution in [0.3, 0.4) is 0 Å². The average Bonchev–Trinajstić information content (AvgIpc) is 2.29. The van der Waals surface area contributed by atoms with Gasteiger partial charge in [0.1, 0.15) is 11.9 Å². The number of pyridine rings is 1. The molecule has 2 heterocycles. The van der Waals surface area contributed by atoms with E-state index in [4.69, 9.17) is 22.1 Å². The van der Waals surface area contributed by atoms with Gasteiger partial charge in [-0.15, -0.1) is 0 Å². The summed E-state index contributed by atoms with van der Waals surface area (Å²) in [4.78, 5) is 17.3. The highest BCUT2D eigenvalue weighted by atomic mass is 79.9. The number of ether oxygens (including phenoxy) is 1. The molecular formula is C10H11BrClN3O2. The van der Waals surface area contributed by atoms with Crippen molar-refractivity contribution in [2.45, 2.75) is 6.04 Å². The van der Waals surface area contributed by atoms with Crippen molar-refractivity contribution in [2.75, 3.05) is 24.7 Å². The zero-order valence-corrected chi connectivity index (χ0v) is 11.2. The Morgan fingerprint density at radius 2 is 2.47 bits per heavy atom. The van der Waals surface area contributed by atoms with Gasteiger partial charge in [-0.05, 0) is 22.0 Å². The minimum atomic E-state index is -0.519. The fourth-order valence-electron chi connectivity index (χ4n) is 1.71. The third-order valence-electron chi connectivity index (χ3n) is 2.52. The average molecular weight is 321 g/mol. The van der Waals surface area contributed by atoms with Gasteiger partial charge in [-0.1, -0.05) is 11.6 Å². The van der Waals surface area contributed by atoms with E-state index in [2.05, 4.69) is 20.9 Å².